The summed E-state index contributed by atoms with van der Waals surface area (Å²) in [6.45, 7) is 2.86. The van der Waals surface area contributed by atoms with Crippen LogP contribution in [0.1, 0.15) is 31.2 Å². The largest absolute Gasteiger partial charge is 0.383 e. The van der Waals surface area contributed by atoms with Gasteiger partial charge in [-0.25, -0.2) is 0 Å². The van der Waals surface area contributed by atoms with Crippen LogP contribution in [0.3, 0.4) is 0 Å². The quantitative estimate of drug-likeness (QED) is 0.654. The molecule has 0 bridgehead atoms. The minimum atomic E-state index is -0.343. The third kappa shape index (κ3) is 3.21. The summed E-state index contributed by atoms with van der Waals surface area (Å²) >= 11 is 1.92. The Hall–Kier alpha value is -1.23. The van der Waals surface area contributed by atoms with Gasteiger partial charge in [0.15, 0.2) is 0 Å². The Morgan fingerprint density at radius 1 is 1.42 bits per heavy atom. The second kappa shape index (κ2) is 5.82. The van der Waals surface area contributed by atoms with E-state index >= 15 is 0 Å². The van der Waals surface area contributed by atoms with Crippen molar-refractivity contribution < 1.29 is 4.92 Å². The number of nitro benzene ring substituents is 1. The van der Waals surface area contributed by atoms with Crippen molar-refractivity contribution in [3.05, 3.63) is 33.9 Å². The van der Waals surface area contributed by atoms with Crippen LogP contribution < -0.4 is 5.32 Å². The van der Waals surface area contributed by atoms with Gasteiger partial charge in [0.2, 0.25) is 0 Å². The Labute approximate surface area is 118 Å². The molecule has 0 aromatic heterocycles. The van der Waals surface area contributed by atoms with Crippen LogP contribution in [-0.2, 0) is 0 Å². The Morgan fingerprint density at radius 3 is 2.68 bits per heavy atom. The second-order valence-electron chi connectivity index (χ2n) is 5.20. The SMILES string of the molecule is CSC1(CNc2cc([N+](=O)[O-])ccc2C)CCCC1. The van der Waals surface area contributed by atoms with Crippen LogP contribution in [0.15, 0.2) is 18.2 Å². The summed E-state index contributed by atoms with van der Waals surface area (Å²) in [6, 6.07) is 5.00. The van der Waals surface area contributed by atoms with Crippen LogP contribution in [-0.4, -0.2) is 22.5 Å². The first-order valence-electron chi connectivity index (χ1n) is 6.60. The molecule has 0 amide bonds. The van der Waals surface area contributed by atoms with Crippen molar-refractivity contribution in [2.75, 3.05) is 18.1 Å². The molecule has 0 heterocycles. The molecular weight excluding hydrogens is 260 g/mol. The van der Waals surface area contributed by atoms with Gasteiger partial charge in [-0.15, -0.1) is 0 Å². The lowest BCUT2D eigenvalue weighted by atomic mass is 10.1. The highest BCUT2D eigenvalue weighted by atomic mass is 32.2. The first-order valence-corrected chi connectivity index (χ1v) is 7.83. The minimum absolute atomic E-state index is 0.151. The molecule has 5 heteroatoms. The van der Waals surface area contributed by atoms with Crippen LogP contribution in [0.4, 0.5) is 11.4 Å². The predicted molar refractivity (Wildman–Crippen MR) is 81.0 cm³/mol. The predicted octanol–water partition coefficient (Wildman–Crippen LogP) is 3.99. The molecule has 2 rings (SSSR count). The van der Waals surface area contributed by atoms with Crippen molar-refractivity contribution in [1.82, 2.24) is 0 Å². The molecule has 1 N–H and O–H groups in total. The van der Waals surface area contributed by atoms with Gasteiger partial charge in [-0.2, -0.15) is 11.8 Å². The fourth-order valence-corrected chi connectivity index (χ4v) is 3.56. The second-order valence-corrected chi connectivity index (χ2v) is 6.48. The zero-order valence-corrected chi connectivity index (χ0v) is 12.3. The molecule has 1 fully saturated rings. The van der Waals surface area contributed by atoms with Gasteiger partial charge in [0, 0.05) is 29.1 Å². The molecule has 1 aliphatic rings. The highest BCUT2D eigenvalue weighted by molar-refractivity contribution is 8.00. The number of nitro groups is 1. The third-order valence-corrected chi connectivity index (χ3v) is 5.40. The Balaban J connectivity index is 2.10. The van der Waals surface area contributed by atoms with Crippen molar-refractivity contribution in [1.29, 1.82) is 0 Å². The number of non-ortho nitro benzene ring substituents is 1. The van der Waals surface area contributed by atoms with E-state index in [0.717, 1.165) is 17.8 Å². The van der Waals surface area contributed by atoms with Crippen LogP contribution in [0.2, 0.25) is 0 Å². The summed E-state index contributed by atoms with van der Waals surface area (Å²) in [5.41, 5.74) is 2.09. The topological polar surface area (TPSA) is 55.2 Å². The van der Waals surface area contributed by atoms with E-state index < -0.39 is 0 Å². The molecule has 0 saturated heterocycles. The molecule has 0 radical (unpaired) electrons. The third-order valence-electron chi connectivity index (χ3n) is 3.98. The van der Waals surface area contributed by atoms with Crippen molar-refractivity contribution in [3.63, 3.8) is 0 Å². The molecule has 0 aliphatic heterocycles. The summed E-state index contributed by atoms with van der Waals surface area (Å²) in [5.74, 6) is 0. The number of nitrogens with zero attached hydrogens (tertiary/aromatic N) is 1. The van der Waals surface area contributed by atoms with Gasteiger partial charge in [-0.3, -0.25) is 10.1 Å². The summed E-state index contributed by atoms with van der Waals surface area (Å²) in [4.78, 5) is 10.5. The molecule has 1 saturated carbocycles. The zero-order valence-electron chi connectivity index (χ0n) is 11.4. The molecular formula is C14H20N2O2S. The Kier molecular flexibility index (Phi) is 4.34. The number of aryl methyl sites for hydroxylation is 1. The van der Waals surface area contributed by atoms with Crippen molar-refractivity contribution in [2.24, 2.45) is 0 Å². The lowest BCUT2D eigenvalue weighted by Gasteiger charge is -2.27. The maximum Gasteiger partial charge on any atom is 0.271 e. The average Bonchev–Trinajstić information content (AvgIpc) is 2.87. The van der Waals surface area contributed by atoms with Crippen molar-refractivity contribution in [3.8, 4) is 0 Å². The van der Waals surface area contributed by atoms with E-state index in [1.165, 1.54) is 25.7 Å². The number of rotatable bonds is 5. The number of hydrogen-bond donors (Lipinski definition) is 1. The maximum atomic E-state index is 10.8. The van der Waals surface area contributed by atoms with Gasteiger partial charge >= 0.3 is 0 Å². The van der Waals surface area contributed by atoms with Crippen molar-refractivity contribution in [2.45, 2.75) is 37.4 Å². The molecule has 1 aliphatic carbocycles. The summed E-state index contributed by atoms with van der Waals surface area (Å²) in [5, 5.41) is 14.2. The molecule has 4 nitrogen and oxygen atoms in total. The lowest BCUT2D eigenvalue weighted by molar-refractivity contribution is -0.384. The Bertz CT molecular complexity index is 471. The van der Waals surface area contributed by atoms with Crippen LogP contribution in [0.5, 0.6) is 0 Å². The molecule has 19 heavy (non-hydrogen) atoms. The highest BCUT2D eigenvalue weighted by Gasteiger charge is 2.32. The summed E-state index contributed by atoms with van der Waals surface area (Å²) < 4.78 is 0.303. The number of thioether (sulfide) groups is 1. The van der Waals surface area contributed by atoms with Gasteiger partial charge in [-0.05, 0) is 31.6 Å². The normalized spacial score (nSPS) is 17.4. The number of hydrogen-bond acceptors (Lipinski definition) is 4. The van der Waals surface area contributed by atoms with Gasteiger partial charge < -0.3 is 5.32 Å². The monoisotopic (exact) mass is 280 g/mol. The first-order chi connectivity index (χ1) is 9.06. The number of nitrogens with one attached hydrogen (secondary N) is 1. The molecule has 1 aromatic rings. The summed E-state index contributed by atoms with van der Waals surface area (Å²) in [7, 11) is 0. The van der Waals surface area contributed by atoms with Crippen molar-refractivity contribution >= 4 is 23.1 Å². The molecule has 1 aromatic carbocycles. The van der Waals surface area contributed by atoms with Crippen LogP contribution in [0, 0.1) is 17.0 Å². The van der Waals surface area contributed by atoms with Gasteiger partial charge in [-0.1, -0.05) is 18.9 Å². The molecule has 0 spiro atoms. The first kappa shape index (κ1) is 14.2. The number of anilines is 1. The fraction of sp³-hybridized carbons (Fsp3) is 0.571. The van der Waals surface area contributed by atoms with Crippen LogP contribution >= 0.6 is 11.8 Å². The Morgan fingerprint density at radius 2 is 2.11 bits per heavy atom. The van der Waals surface area contributed by atoms with Gasteiger partial charge in [0.05, 0.1) is 4.92 Å². The van der Waals surface area contributed by atoms with E-state index in [2.05, 4.69) is 11.6 Å². The maximum absolute atomic E-state index is 10.8. The van der Waals surface area contributed by atoms with E-state index in [1.807, 2.05) is 18.7 Å². The van der Waals surface area contributed by atoms with Gasteiger partial charge in [0.25, 0.3) is 5.69 Å². The standard InChI is InChI=1S/C14H20N2O2S/c1-11-5-6-12(16(17)18)9-13(11)15-10-14(19-2)7-3-4-8-14/h5-6,9,15H,3-4,7-8,10H2,1-2H3. The van der Waals surface area contributed by atoms with E-state index in [-0.39, 0.29) is 10.6 Å². The highest BCUT2D eigenvalue weighted by Crippen LogP contribution is 2.40. The molecule has 104 valence electrons. The molecule has 0 unspecified atom stereocenters. The smallest absolute Gasteiger partial charge is 0.271 e. The zero-order chi connectivity index (χ0) is 13.9. The van der Waals surface area contributed by atoms with Gasteiger partial charge in [0.1, 0.15) is 0 Å². The lowest BCUT2D eigenvalue weighted by Crippen LogP contribution is -2.30. The number of benzene rings is 1. The fourth-order valence-electron chi connectivity index (χ4n) is 2.64. The van der Waals surface area contributed by atoms with E-state index in [9.17, 15) is 10.1 Å². The van der Waals surface area contributed by atoms with Crippen LogP contribution in [0.25, 0.3) is 0 Å². The minimum Gasteiger partial charge on any atom is -0.383 e. The van der Waals surface area contributed by atoms with E-state index in [4.69, 9.17) is 0 Å². The average molecular weight is 280 g/mol. The summed E-state index contributed by atoms with van der Waals surface area (Å²) in [6.07, 6.45) is 7.20. The van der Waals surface area contributed by atoms with E-state index in [0.29, 0.717) is 4.75 Å². The van der Waals surface area contributed by atoms with E-state index in [1.54, 1.807) is 18.2 Å². The molecule has 0 atom stereocenters.